The van der Waals surface area contributed by atoms with Crippen molar-refractivity contribution >= 4 is 11.8 Å². The topological polar surface area (TPSA) is 63.6 Å². The van der Waals surface area contributed by atoms with E-state index in [9.17, 15) is 14.7 Å². The Morgan fingerprint density at radius 3 is 2.31 bits per heavy atom. The molecule has 1 rings (SSSR count). The maximum absolute atomic E-state index is 11.9. The van der Waals surface area contributed by atoms with E-state index < -0.39 is 17.5 Å². The molecule has 0 radical (unpaired) electrons. The number of esters is 1. The van der Waals surface area contributed by atoms with Crippen LogP contribution in [0.5, 0.6) is 0 Å². The first-order chi connectivity index (χ1) is 7.49. The number of benzene rings is 1. The number of aliphatic hydroxyl groups is 1. The number of hydrogen-bond acceptors (Lipinski definition) is 4. The molecular formula is C12H14O4. The molecule has 0 fully saturated rings. The number of carbonyl (C=O) groups is 2. The minimum absolute atomic E-state index is 0.0142. The fourth-order valence-corrected chi connectivity index (χ4v) is 1.33. The molecule has 0 spiro atoms. The van der Waals surface area contributed by atoms with E-state index in [1.54, 1.807) is 37.3 Å². The summed E-state index contributed by atoms with van der Waals surface area (Å²) in [4.78, 5) is 22.7. The second-order valence-electron chi connectivity index (χ2n) is 3.43. The van der Waals surface area contributed by atoms with Gasteiger partial charge in [0.25, 0.3) is 5.79 Å². The zero-order valence-corrected chi connectivity index (χ0v) is 9.27. The van der Waals surface area contributed by atoms with Crippen molar-refractivity contribution in [2.75, 3.05) is 0 Å². The number of rotatable bonds is 4. The molecule has 0 aliphatic carbocycles. The zero-order chi connectivity index (χ0) is 12.2. The summed E-state index contributed by atoms with van der Waals surface area (Å²) in [6.07, 6.45) is 0.0142. The van der Waals surface area contributed by atoms with Gasteiger partial charge in [-0.15, -0.1) is 0 Å². The van der Waals surface area contributed by atoms with E-state index in [0.29, 0.717) is 5.56 Å². The lowest BCUT2D eigenvalue weighted by Gasteiger charge is -2.24. The fraction of sp³-hybridized carbons (Fsp3) is 0.333. The van der Waals surface area contributed by atoms with Gasteiger partial charge in [0.2, 0.25) is 5.78 Å². The number of carbonyl (C=O) groups excluding carboxylic acids is 2. The van der Waals surface area contributed by atoms with Gasteiger partial charge in [-0.1, -0.05) is 37.3 Å². The Hall–Kier alpha value is -1.68. The SMILES string of the molecule is CCC(O)(OC(C)=O)C(=O)c1ccccc1. The van der Waals surface area contributed by atoms with Gasteiger partial charge in [-0.3, -0.25) is 9.59 Å². The standard InChI is InChI=1S/C12H14O4/c1-3-12(15,16-9(2)13)11(14)10-7-5-4-6-8-10/h4-8,15H,3H2,1-2H3. The third-order valence-corrected chi connectivity index (χ3v) is 2.18. The van der Waals surface area contributed by atoms with Gasteiger partial charge in [0, 0.05) is 18.9 Å². The highest BCUT2D eigenvalue weighted by atomic mass is 16.7. The van der Waals surface area contributed by atoms with Crippen molar-refractivity contribution in [1.82, 2.24) is 0 Å². The van der Waals surface area contributed by atoms with Crippen LogP contribution in [-0.4, -0.2) is 22.6 Å². The van der Waals surface area contributed by atoms with E-state index in [-0.39, 0.29) is 6.42 Å². The number of ether oxygens (including phenoxy) is 1. The van der Waals surface area contributed by atoms with Gasteiger partial charge in [0.1, 0.15) is 0 Å². The molecule has 1 N–H and O–H groups in total. The van der Waals surface area contributed by atoms with Crippen LogP contribution in [0, 0.1) is 0 Å². The van der Waals surface area contributed by atoms with Crippen LogP contribution in [0.1, 0.15) is 30.6 Å². The quantitative estimate of drug-likeness (QED) is 0.476. The Bertz CT molecular complexity index is 385. The van der Waals surface area contributed by atoms with E-state index in [1.807, 2.05) is 0 Å². The second-order valence-corrected chi connectivity index (χ2v) is 3.43. The van der Waals surface area contributed by atoms with Crippen LogP contribution >= 0.6 is 0 Å². The van der Waals surface area contributed by atoms with Gasteiger partial charge in [0.15, 0.2) is 0 Å². The highest BCUT2D eigenvalue weighted by Gasteiger charge is 2.38. The van der Waals surface area contributed by atoms with E-state index in [2.05, 4.69) is 4.74 Å². The molecule has 1 aromatic carbocycles. The van der Waals surface area contributed by atoms with Crippen LogP contribution in [0.25, 0.3) is 0 Å². The average Bonchev–Trinajstić information content (AvgIpc) is 2.28. The van der Waals surface area contributed by atoms with Crippen LogP contribution in [0.2, 0.25) is 0 Å². The van der Waals surface area contributed by atoms with Crippen LogP contribution in [0.4, 0.5) is 0 Å². The summed E-state index contributed by atoms with van der Waals surface area (Å²) < 4.78 is 4.67. The smallest absolute Gasteiger partial charge is 0.305 e. The first kappa shape index (κ1) is 12.4. The van der Waals surface area contributed by atoms with Crippen molar-refractivity contribution in [3.8, 4) is 0 Å². The lowest BCUT2D eigenvalue weighted by molar-refractivity contribution is -0.188. The molecule has 0 saturated carbocycles. The Morgan fingerprint density at radius 1 is 1.31 bits per heavy atom. The normalized spacial score (nSPS) is 13.9. The van der Waals surface area contributed by atoms with Gasteiger partial charge in [-0.2, -0.15) is 0 Å². The summed E-state index contributed by atoms with van der Waals surface area (Å²) in [5.74, 6) is -3.35. The summed E-state index contributed by atoms with van der Waals surface area (Å²) in [5.41, 5.74) is 0.313. The largest absolute Gasteiger partial charge is 0.425 e. The van der Waals surface area contributed by atoms with Gasteiger partial charge in [0.05, 0.1) is 0 Å². The van der Waals surface area contributed by atoms with E-state index in [1.165, 1.54) is 0 Å². The number of Topliss-reactive ketones (excluding diaryl/α,β-unsaturated/α-hetero) is 1. The van der Waals surface area contributed by atoms with Crippen LogP contribution in [0.15, 0.2) is 30.3 Å². The molecule has 4 nitrogen and oxygen atoms in total. The molecule has 0 aliphatic rings. The Kier molecular flexibility index (Phi) is 3.79. The summed E-state index contributed by atoms with van der Waals surface area (Å²) in [7, 11) is 0. The van der Waals surface area contributed by atoms with Crippen LogP contribution < -0.4 is 0 Å². The molecule has 1 atom stereocenters. The number of hydrogen-bond donors (Lipinski definition) is 1. The summed E-state index contributed by atoms with van der Waals surface area (Å²) in [5, 5.41) is 9.92. The predicted molar refractivity (Wildman–Crippen MR) is 57.8 cm³/mol. The minimum Gasteiger partial charge on any atom is -0.425 e. The zero-order valence-electron chi connectivity index (χ0n) is 9.27. The fourth-order valence-electron chi connectivity index (χ4n) is 1.33. The van der Waals surface area contributed by atoms with Crippen LogP contribution in [0.3, 0.4) is 0 Å². The highest BCUT2D eigenvalue weighted by Crippen LogP contribution is 2.19. The van der Waals surface area contributed by atoms with E-state index in [0.717, 1.165) is 6.92 Å². The van der Waals surface area contributed by atoms with Crippen molar-refractivity contribution in [1.29, 1.82) is 0 Å². The minimum atomic E-state index is -2.06. The molecule has 0 aliphatic heterocycles. The molecule has 1 aromatic rings. The third kappa shape index (κ3) is 2.67. The highest BCUT2D eigenvalue weighted by molar-refractivity contribution is 6.02. The molecule has 0 aromatic heterocycles. The maximum atomic E-state index is 11.9. The maximum Gasteiger partial charge on any atom is 0.305 e. The molecule has 0 heterocycles. The van der Waals surface area contributed by atoms with Crippen molar-refractivity contribution in [3.63, 3.8) is 0 Å². The Morgan fingerprint density at radius 2 is 1.88 bits per heavy atom. The molecule has 1 unspecified atom stereocenters. The van der Waals surface area contributed by atoms with Crippen molar-refractivity contribution in [2.45, 2.75) is 26.1 Å². The van der Waals surface area contributed by atoms with Crippen molar-refractivity contribution in [2.24, 2.45) is 0 Å². The molecule has 0 saturated heterocycles. The molecule has 86 valence electrons. The third-order valence-electron chi connectivity index (χ3n) is 2.18. The lowest BCUT2D eigenvalue weighted by atomic mass is 10.0. The van der Waals surface area contributed by atoms with Gasteiger partial charge >= 0.3 is 5.97 Å². The average molecular weight is 222 g/mol. The number of ketones is 1. The lowest BCUT2D eigenvalue weighted by Crippen LogP contribution is -2.42. The predicted octanol–water partition coefficient (Wildman–Crippen LogP) is 1.53. The molecule has 0 amide bonds. The van der Waals surface area contributed by atoms with Gasteiger partial charge in [-0.25, -0.2) is 0 Å². The molecule has 0 bridgehead atoms. The Labute approximate surface area is 93.9 Å². The van der Waals surface area contributed by atoms with Crippen molar-refractivity contribution < 1.29 is 19.4 Å². The molecule has 16 heavy (non-hydrogen) atoms. The van der Waals surface area contributed by atoms with Crippen LogP contribution in [-0.2, 0) is 9.53 Å². The second kappa shape index (κ2) is 4.90. The first-order valence-corrected chi connectivity index (χ1v) is 5.01. The summed E-state index contributed by atoms with van der Waals surface area (Å²) in [6, 6.07) is 8.24. The van der Waals surface area contributed by atoms with Crippen molar-refractivity contribution in [3.05, 3.63) is 35.9 Å². The molecule has 4 heteroatoms. The molecular weight excluding hydrogens is 208 g/mol. The monoisotopic (exact) mass is 222 g/mol. The van der Waals surface area contributed by atoms with E-state index in [4.69, 9.17) is 0 Å². The van der Waals surface area contributed by atoms with E-state index >= 15 is 0 Å². The summed E-state index contributed by atoms with van der Waals surface area (Å²) in [6.45, 7) is 2.72. The Balaban J connectivity index is 2.97. The van der Waals surface area contributed by atoms with Gasteiger partial charge < -0.3 is 9.84 Å². The summed E-state index contributed by atoms with van der Waals surface area (Å²) >= 11 is 0. The first-order valence-electron chi connectivity index (χ1n) is 5.01. The van der Waals surface area contributed by atoms with Gasteiger partial charge in [-0.05, 0) is 0 Å².